The van der Waals surface area contributed by atoms with Crippen LogP contribution in [0.4, 0.5) is 10.8 Å². The molecule has 2 aromatic carbocycles. The number of benzene rings is 2. The van der Waals surface area contributed by atoms with E-state index >= 15 is 0 Å². The molecule has 30 heavy (non-hydrogen) atoms. The van der Waals surface area contributed by atoms with Crippen LogP contribution in [0.2, 0.25) is 0 Å². The van der Waals surface area contributed by atoms with Crippen LogP contribution in [0.3, 0.4) is 0 Å². The van der Waals surface area contributed by atoms with Gasteiger partial charge in [-0.2, -0.15) is 0 Å². The Morgan fingerprint density at radius 1 is 0.867 bits per heavy atom. The van der Waals surface area contributed by atoms with Gasteiger partial charge in [-0.25, -0.2) is 0 Å². The molecule has 8 heteroatoms. The van der Waals surface area contributed by atoms with E-state index < -0.39 is 0 Å². The predicted octanol–water partition coefficient (Wildman–Crippen LogP) is 5.17. The van der Waals surface area contributed by atoms with Crippen molar-refractivity contribution in [2.24, 2.45) is 0 Å². The lowest BCUT2D eigenvalue weighted by Gasteiger charge is -2.09. The number of anilines is 2. The van der Waals surface area contributed by atoms with Gasteiger partial charge in [0.05, 0.1) is 11.3 Å². The van der Waals surface area contributed by atoms with Crippen LogP contribution >= 0.6 is 22.7 Å². The fraction of sp³-hybridized carbons (Fsp3) is 0. The molecule has 0 aliphatic rings. The minimum atomic E-state index is -0.371. The van der Waals surface area contributed by atoms with Gasteiger partial charge in [-0.1, -0.05) is 59.9 Å². The number of rotatable bonds is 6. The number of carbonyl (C=O) groups excluding carboxylic acids is 2. The number of hydrogen-bond donors (Lipinski definition) is 2. The smallest absolute Gasteiger partial charge is 0.259 e. The number of amides is 2. The van der Waals surface area contributed by atoms with Crippen LogP contribution in [0.5, 0.6) is 0 Å². The molecule has 0 atom stereocenters. The van der Waals surface area contributed by atoms with Crippen LogP contribution < -0.4 is 10.6 Å². The third kappa shape index (κ3) is 4.86. The molecule has 0 saturated carbocycles. The first-order valence-corrected chi connectivity index (χ1v) is 10.7. The lowest BCUT2D eigenvalue weighted by Crippen LogP contribution is -2.16. The van der Waals surface area contributed by atoms with Crippen LogP contribution in [0, 0.1) is 0 Å². The molecule has 4 rings (SSSR count). The second kappa shape index (κ2) is 9.25. The first-order valence-electron chi connectivity index (χ1n) is 9.01. The first-order chi connectivity index (χ1) is 14.7. The summed E-state index contributed by atoms with van der Waals surface area (Å²) in [5.74, 6) is -0.685. The highest BCUT2D eigenvalue weighted by molar-refractivity contribution is 7.18. The van der Waals surface area contributed by atoms with E-state index in [0.29, 0.717) is 21.4 Å². The van der Waals surface area contributed by atoms with Crippen LogP contribution in [0.25, 0.3) is 16.6 Å². The molecule has 0 radical (unpaired) electrons. The standard InChI is InChI=1S/C22H16N4O2S2/c27-19(13-12-16-9-6-14-29-16)23-18-11-5-4-10-17(18)20(28)24-22-26-25-21(30-22)15-7-2-1-3-8-15/h1-14H,(H,23,27)(H,24,26,28)/b13-12+. The second-order valence-electron chi connectivity index (χ2n) is 6.12. The lowest BCUT2D eigenvalue weighted by molar-refractivity contribution is -0.111. The molecule has 0 unspecified atom stereocenters. The zero-order valence-corrected chi connectivity index (χ0v) is 17.2. The normalized spacial score (nSPS) is 10.8. The largest absolute Gasteiger partial charge is 0.322 e. The van der Waals surface area contributed by atoms with Crippen LogP contribution in [-0.4, -0.2) is 22.0 Å². The highest BCUT2D eigenvalue weighted by Gasteiger charge is 2.15. The summed E-state index contributed by atoms with van der Waals surface area (Å²) >= 11 is 2.82. The van der Waals surface area contributed by atoms with E-state index in [1.165, 1.54) is 28.7 Å². The summed E-state index contributed by atoms with van der Waals surface area (Å²) in [6, 6.07) is 20.3. The van der Waals surface area contributed by atoms with Crippen molar-refractivity contribution in [3.8, 4) is 10.6 Å². The van der Waals surface area contributed by atoms with Gasteiger partial charge in [-0.15, -0.1) is 21.5 Å². The number of aromatic nitrogens is 2. The van der Waals surface area contributed by atoms with Crippen molar-refractivity contribution in [1.29, 1.82) is 0 Å². The SMILES string of the molecule is O=C(/C=C/c1cccs1)Nc1ccccc1C(=O)Nc1nnc(-c2ccccc2)s1. The molecule has 0 spiro atoms. The van der Waals surface area contributed by atoms with Crippen molar-refractivity contribution >= 4 is 51.4 Å². The van der Waals surface area contributed by atoms with Crippen molar-refractivity contribution < 1.29 is 9.59 Å². The van der Waals surface area contributed by atoms with Crippen molar-refractivity contribution in [2.75, 3.05) is 10.6 Å². The average molecular weight is 433 g/mol. The Labute approximate surface area is 180 Å². The van der Waals surface area contributed by atoms with Crippen LogP contribution in [0.15, 0.2) is 78.2 Å². The van der Waals surface area contributed by atoms with Gasteiger partial charge in [0, 0.05) is 16.5 Å². The molecule has 0 saturated heterocycles. The minimum absolute atomic E-state index is 0.314. The van der Waals surface area contributed by atoms with Crippen molar-refractivity contribution in [1.82, 2.24) is 10.2 Å². The quantitative estimate of drug-likeness (QED) is 0.412. The molecular formula is C22H16N4O2S2. The summed E-state index contributed by atoms with van der Waals surface area (Å²) in [5, 5.41) is 16.7. The molecule has 0 fully saturated rings. The zero-order chi connectivity index (χ0) is 20.8. The van der Waals surface area contributed by atoms with Crippen molar-refractivity contribution in [2.45, 2.75) is 0 Å². The van der Waals surface area contributed by atoms with E-state index in [0.717, 1.165) is 10.4 Å². The highest BCUT2D eigenvalue weighted by Crippen LogP contribution is 2.27. The highest BCUT2D eigenvalue weighted by atomic mass is 32.1. The predicted molar refractivity (Wildman–Crippen MR) is 122 cm³/mol. The van der Waals surface area contributed by atoms with Gasteiger partial charge in [-0.05, 0) is 29.7 Å². The van der Waals surface area contributed by atoms with Crippen molar-refractivity contribution in [3.05, 3.63) is 88.6 Å². The number of thiophene rings is 1. The summed E-state index contributed by atoms with van der Waals surface area (Å²) in [4.78, 5) is 26.0. The Hall–Kier alpha value is -3.62. The number of para-hydroxylation sites is 1. The number of nitrogens with zero attached hydrogens (tertiary/aromatic N) is 2. The Bertz CT molecular complexity index is 1180. The Morgan fingerprint density at radius 2 is 1.67 bits per heavy atom. The van der Waals surface area contributed by atoms with Crippen LogP contribution in [0.1, 0.15) is 15.2 Å². The van der Waals surface area contributed by atoms with Gasteiger partial charge >= 0.3 is 0 Å². The maximum Gasteiger partial charge on any atom is 0.259 e. The van der Waals surface area contributed by atoms with E-state index in [4.69, 9.17) is 0 Å². The van der Waals surface area contributed by atoms with Gasteiger partial charge in [0.2, 0.25) is 11.0 Å². The number of carbonyl (C=O) groups is 2. The summed E-state index contributed by atoms with van der Waals surface area (Å²) in [5.41, 5.74) is 1.69. The summed E-state index contributed by atoms with van der Waals surface area (Å²) < 4.78 is 0. The van der Waals surface area contributed by atoms with Crippen LogP contribution in [-0.2, 0) is 4.79 Å². The van der Waals surface area contributed by atoms with Gasteiger partial charge in [0.25, 0.3) is 5.91 Å². The van der Waals surface area contributed by atoms with Gasteiger partial charge in [-0.3, -0.25) is 14.9 Å². The molecule has 6 nitrogen and oxygen atoms in total. The second-order valence-corrected chi connectivity index (χ2v) is 8.07. The lowest BCUT2D eigenvalue weighted by atomic mass is 10.1. The monoisotopic (exact) mass is 432 g/mol. The molecule has 148 valence electrons. The Morgan fingerprint density at radius 3 is 2.47 bits per heavy atom. The number of nitrogens with one attached hydrogen (secondary N) is 2. The molecule has 2 heterocycles. The van der Waals surface area contributed by atoms with E-state index in [1.54, 1.807) is 30.3 Å². The minimum Gasteiger partial charge on any atom is -0.322 e. The van der Waals surface area contributed by atoms with E-state index in [-0.39, 0.29) is 11.8 Å². The van der Waals surface area contributed by atoms with Crippen molar-refractivity contribution in [3.63, 3.8) is 0 Å². The average Bonchev–Trinajstić information content (AvgIpc) is 3.45. The zero-order valence-electron chi connectivity index (χ0n) is 15.6. The first kappa shape index (κ1) is 19.7. The Balaban J connectivity index is 1.46. The molecule has 4 aromatic rings. The van der Waals surface area contributed by atoms with Gasteiger partial charge in [0.15, 0.2) is 0 Å². The molecule has 0 aliphatic heterocycles. The fourth-order valence-corrected chi connectivity index (χ4v) is 4.01. The summed E-state index contributed by atoms with van der Waals surface area (Å²) in [7, 11) is 0. The maximum atomic E-state index is 12.8. The molecule has 0 bridgehead atoms. The van der Waals surface area contributed by atoms with E-state index in [1.807, 2.05) is 47.8 Å². The van der Waals surface area contributed by atoms with Gasteiger partial charge in [0.1, 0.15) is 5.01 Å². The molecule has 2 aromatic heterocycles. The Kier molecular flexibility index (Phi) is 6.07. The fourth-order valence-electron chi connectivity index (χ4n) is 2.64. The summed E-state index contributed by atoms with van der Waals surface area (Å²) in [6.07, 6.45) is 3.17. The van der Waals surface area contributed by atoms with E-state index in [2.05, 4.69) is 20.8 Å². The third-order valence-corrected chi connectivity index (χ3v) is 5.76. The molecule has 2 amide bonds. The molecule has 0 aliphatic carbocycles. The number of hydrogen-bond acceptors (Lipinski definition) is 6. The third-order valence-electron chi connectivity index (χ3n) is 4.04. The molecular weight excluding hydrogens is 416 g/mol. The van der Waals surface area contributed by atoms with Gasteiger partial charge < -0.3 is 5.32 Å². The summed E-state index contributed by atoms with van der Waals surface area (Å²) in [6.45, 7) is 0. The molecule has 2 N–H and O–H groups in total. The van der Waals surface area contributed by atoms with E-state index in [9.17, 15) is 9.59 Å². The maximum absolute atomic E-state index is 12.8. The topological polar surface area (TPSA) is 84.0 Å².